The number of aromatic nitrogens is 2. The van der Waals surface area contributed by atoms with Gasteiger partial charge in [-0.25, -0.2) is 4.98 Å². The molecule has 3 rings (SSSR count). The number of benzene rings is 1. The molecule has 5 heteroatoms. The summed E-state index contributed by atoms with van der Waals surface area (Å²) in [5, 5.41) is 3.78. The summed E-state index contributed by atoms with van der Waals surface area (Å²) < 4.78 is 8.15. The second kappa shape index (κ2) is 5.85. The summed E-state index contributed by atoms with van der Waals surface area (Å²) in [6, 6.07) is 6.43. The molecule has 0 aliphatic heterocycles. The van der Waals surface area contributed by atoms with Crippen molar-refractivity contribution >= 4 is 11.6 Å². The van der Waals surface area contributed by atoms with Gasteiger partial charge in [-0.3, -0.25) is 0 Å². The van der Waals surface area contributed by atoms with E-state index in [1.165, 1.54) is 12.8 Å². The maximum absolute atomic E-state index is 6.24. The predicted molar refractivity (Wildman–Crippen MR) is 79.0 cm³/mol. The van der Waals surface area contributed by atoms with Crippen molar-refractivity contribution < 1.29 is 4.74 Å². The molecule has 0 amide bonds. The molecule has 1 heterocycles. The van der Waals surface area contributed by atoms with E-state index in [1.807, 2.05) is 37.8 Å². The van der Waals surface area contributed by atoms with Gasteiger partial charge in [0.15, 0.2) is 0 Å². The summed E-state index contributed by atoms with van der Waals surface area (Å²) in [4.78, 5) is 4.21. The molecule has 1 aromatic carbocycles. The van der Waals surface area contributed by atoms with Crippen LogP contribution in [0.3, 0.4) is 0 Å². The third-order valence-corrected chi connectivity index (χ3v) is 3.76. The molecule has 1 N–H and O–H groups in total. The van der Waals surface area contributed by atoms with Crippen LogP contribution >= 0.6 is 11.6 Å². The summed E-state index contributed by atoms with van der Waals surface area (Å²) >= 11 is 6.24. The fraction of sp³-hybridized carbons (Fsp3) is 0.400. The van der Waals surface area contributed by atoms with E-state index in [2.05, 4.69) is 14.9 Å². The van der Waals surface area contributed by atoms with Crippen molar-refractivity contribution in [3.05, 3.63) is 47.0 Å². The van der Waals surface area contributed by atoms with E-state index >= 15 is 0 Å². The SMILES string of the molecule is CNCc1cccc(Cl)c1OCc1cncn1C1CC1. The van der Waals surface area contributed by atoms with Gasteiger partial charge >= 0.3 is 0 Å². The topological polar surface area (TPSA) is 39.1 Å². The first kappa shape index (κ1) is 13.5. The Balaban J connectivity index is 1.76. The molecule has 0 unspecified atom stereocenters. The molecule has 1 fully saturated rings. The fourth-order valence-corrected chi connectivity index (χ4v) is 2.56. The number of rotatable bonds is 6. The minimum Gasteiger partial charge on any atom is -0.485 e. The summed E-state index contributed by atoms with van der Waals surface area (Å²) in [7, 11) is 1.91. The van der Waals surface area contributed by atoms with Crippen LogP contribution in [-0.4, -0.2) is 16.6 Å². The Hall–Kier alpha value is -1.52. The Kier molecular flexibility index (Phi) is 3.94. The Morgan fingerprint density at radius 3 is 3.05 bits per heavy atom. The Bertz CT molecular complexity index is 593. The second-order valence-electron chi connectivity index (χ2n) is 5.07. The van der Waals surface area contributed by atoms with Crippen molar-refractivity contribution in [3.63, 3.8) is 0 Å². The van der Waals surface area contributed by atoms with Gasteiger partial charge in [-0.2, -0.15) is 0 Å². The molecule has 1 aromatic heterocycles. The van der Waals surface area contributed by atoms with Crippen molar-refractivity contribution in [2.45, 2.75) is 32.0 Å². The molecule has 0 radical (unpaired) electrons. The lowest BCUT2D eigenvalue weighted by molar-refractivity contribution is 0.291. The van der Waals surface area contributed by atoms with E-state index in [-0.39, 0.29) is 0 Å². The molecule has 0 bridgehead atoms. The van der Waals surface area contributed by atoms with E-state index in [0.717, 1.165) is 23.6 Å². The lowest BCUT2D eigenvalue weighted by Crippen LogP contribution is -2.09. The van der Waals surface area contributed by atoms with Gasteiger partial charge in [0.2, 0.25) is 0 Å². The second-order valence-corrected chi connectivity index (χ2v) is 5.48. The van der Waals surface area contributed by atoms with Crippen LogP contribution in [0.2, 0.25) is 5.02 Å². The average molecular weight is 292 g/mol. The highest BCUT2D eigenvalue weighted by molar-refractivity contribution is 6.32. The van der Waals surface area contributed by atoms with E-state index in [1.54, 1.807) is 0 Å². The molecule has 0 saturated heterocycles. The maximum atomic E-state index is 6.24. The lowest BCUT2D eigenvalue weighted by atomic mass is 10.2. The van der Waals surface area contributed by atoms with Crippen LogP contribution in [0.4, 0.5) is 0 Å². The first-order chi connectivity index (χ1) is 9.79. The van der Waals surface area contributed by atoms with Crippen molar-refractivity contribution in [1.82, 2.24) is 14.9 Å². The van der Waals surface area contributed by atoms with E-state index in [0.29, 0.717) is 17.7 Å². The highest BCUT2D eigenvalue weighted by Gasteiger charge is 2.25. The van der Waals surface area contributed by atoms with Crippen LogP contribution in [0, 0.1) is 0 Å². The third kappa shape index (κ3) is 2.81. The molecular formula is C15H18ClN3O. The smallest absolute Gasteiger partial charge is 0.142 e. The third-order valence-electron chi connectivity index (χ3n) is 3.47. The zero-order valence-corrected chi connectivity index (χ0v) is 12.2. The predicted octanol–water partition coefficient (Wildman–Crippen LogP) is 3.17. The zero-order chi connectivity index (χ0) is 13.9. The van der Waals surface area contributed by atoms with Crippen LogP contribution in [0.1, 0.15) is 30.1 Å². The first-order valence-electron chi connectivity index (χ1n) is 6.85. The molecule has 0 atom stereocenters. The Morgan fingerprint density at radius 2 is 2.30 bits per heavy atom. The van der Waals surface area contributed by atoms with E-state index in [9.17, 15) is 0 Å². The normalized spacial score (nSPS) is 14.5. The summed E-state index contributed by atoms with van der Waals surface area (Å²) in [5.74, 6) is 0.757. The molecule has 1 saturated carbocycles. The Labute approximate surface area is 123 Å². The number of nitrogens with one attached hydrogen (secondary N) is 1. The molecule has 106 valence electrons. The van der Waals surface area contributed by atoms with Crippen LogP contribution < -0.4 is 10.1 Å². The molecule has 4 nitrogen and oxygen atoms in total. The fourth-order valence-electron chi connectivity index (χ4n) is 2.32. The van der Waals surface area contributed by atoms with Crippen molar-refractivity contribution in [2.75, 3.05) is 7.05 Å². The average Bonchev–Trinajstić information content (AvgIpc) is 3.18. The zero-order valence-electron chi connectivity index (χ0n) is 11.5. The minimum absolute atomic E-state index is 0.497. The van der Waals surface area contributed by atoms with Crippen LogP contribution in [0.15, 0.2) is 30.7 Å². The van der Waals surface area contributed by atoms with Crippen molar-refractivity contribution in [3.8, 4) is 5.75 Å². The van der Waals surface area contributed by atoms with Gasteiger partial charge in [0.05, 0.1) is 23.2 Å². The van der Waals surface area contributed by atoms with Gasteiger partial charge in [-0.05, 0) is 26.0 Å². The minimum atomic E-state index is 0.497. The maximum Gasteiger partial charge on any atom is 0.142 e. The number of halogens is 1. The summed E-state index contributed by atoms with van der Waals surface area (Å²) in [6.07, 6.45) is 6.23. The number of hydrogen-bond donors (Lipinski definition) is 1. The van der Waals surface area contributed by atoms with Gasteiger partial charge < -0.3 is 14.6 Å². The molecular weight excluding hydrogens is 274 g/mol. The van der Waals surface area contributed by atoms with Gasteiger partial charge in [-0.1, -0.05) is 23.7 Å². The monoisotopic (exact) mass is 291 g/mol. The Morgan fingerprint density at radius 1 is 1.45 bits per heavy atom. The lowest BCUT2D eigenvalue weighted by Gasteiger charge is -2.14. The van der Waals surface area contributed by atoms with E-state index < -0.39 is 0 Å². The number of nitrogens with zero attached hydrogens (tertiary/aromatic N) is 2. The molecule has 1 aliphatic carbocycles. The largest absolute Gasteiger partial charge is 0.485 e. The molecule has 2 aromatic rings. The van der Waals surface area contributed by atoms with Crippen LogP contribution in [0.5, 0.6) is 5.75 Å². The molecule has 0 spiro atoms. The number of imidazole rings is 1. The van der Waals surface area contributed by atoms with Crippen LogP contribution in [0.25, 0.3) is 0 Å². The summed E-state index contributed by atoms with van der Waals surface area (Å²) in [5.41, 5.74) is 2.17. The number of ether oxygens (including phenoxy) is 1. The highest BCUT2D eigenvalue weighted by Crippen LogP contribution is 2.36. The first-order valence-corrected chi connectivity index (χ1v) is 7.23. The standard InChI is InChI=1S/C15H18ClN3O/c1-17-7-11-3-2-4-14(16)15(11)20-9-13-8-18-10-19(13)12-5-6-12/h2-4,8,10,12,17H,5-7,9H2,1H3. The van der Waals surface area contributed by atoms with Gasteiger partial charge in [0.25, 0.3) is 0 Å². The van der Waals surface area contributed by atoms with Crippen LogP contribution in [-0.2, 0) is 13.2 Å². The van der Waals surface area contributed by atoms with Crippen molar-refractivity contribution in [2.24, 2.45) is 0 Å². The quantitative estimate of drug-likeness (QED) is 0.888. The summed E-state index contributed by atoms with van der Waals surface area (Å²) in [6.45, 7) is 1.23. The van der Waals surface area contributed by atoms with Gasteiger partial charge in [0.1, 0.15) is 12.4 Å². The van der Waals surface area contributed by atoms with Crippen molar-refractivity contribution in [1.29, 1.82) is 0 Å². The van der Waals surface area contributed by atoms with Gasteiger partial charge in [-0.15, -0.1) is 0 Å². The highest BCUT2D eigenvalue weighted by atomic mass is 35.5. The van der Waals surface area contributed by atoms with E-state index in [4.69, 9.17) is 16.3 Å². The van der Waals surface area contributed by atoms with Gasteiger partial charge in [0, 0.05) is 18.2 Å². The number of para-hydroxylation sites is 1. The molecule has 20 heavy (non-hydrogen) atoms. The number of hydrogen-bond acceptors (Lipinski definition) is 3. The molecule has 1 aliphatic rings.